The highest BCUT2D eigenvalue weighted by Crippen LogP contribution is 2.32. The largest absolute Gasteiger partial charge is 0.480 e. The summed E-state index contributed by atoms with van der Waals surface area (Å²) in [6.45, 7) is 5.85. The lowest BCUT2D eigenvalue weighted by Gasteiger charge is -2.29. The van der Waals surface area contributed by atoms with Crippen LogP contribution in [-0.2, 0) is 9.59 Å². The predicted octanol–water partition coefficient (Wildman–Crippen LogP) is 3.21. The van der Waals surface area contributed by atoms with Gasteiger partial charge in [0.1, 0.15) is 6.04 Å². The molecular weight excluding hydrogens is 254 g/mol. The lowest BCUT2D eigenvalue weighted by molar-refractivity contribution is -0.144. The molecule has 0 aromatic rings. The van der Waals surface area contributed by atoms with Gasteiger partial charge in [-0.25, -0.2) is 4.79 Å². The number of hydrogen-bond donors (Lipinski definition) is 2. The Labute approximate surface area is 122 Å². The van der Waals surface area contributed by atoms with Gasteiger partial charge in [0.25, 0.3) is 0 Å². The zero-order chi connectivity index (χ0) is 15.1. The molecule has 1 aliphatic carbocycles. The molecule has 0 aliphatic heterocycles. The van der Waals surface area contributed by atoms with Crippen molar-refractivity contribution in [3.05, 3.63) is 0 Å². The van der Waals surface area contributed by atoms with Crippen LogP contribution in [0, 0.1) is 17.8 Å². The lowest BCUT2D eigenvalue weighted by Crippen LogP contribution is -2.47. The third-order valence-electron chi connectivity index (χ3n) is 4.41. The van der Waals surface area contributed by atoms with Gasteiger partial charge >= 0.3 is 5.97 Å². The standard InChI is InChI=1S/C16H29NO3/c1-4-5-6-12-7-9-13(10-8-12)15(18)17-14(11(2)3)16(19)20/h11-14H,4-10H2,1-3H3,(H,17,18)(H,19,20)/t12?,13?,14-/m0/s1. The van der Waals surface area contributed by atoms with E-state index in [4.69, 9.17) is 5.11 Å². The summed E-state index contributed by atoms with van der Waals surface area (Å²) in [7, 11) is 0. The third kappa shape index (κ3) is 5.14. The first-order valence-electron chi connectivity index (χ1n) is 7.98. The lowest BCUT2D eigenvalue weighted by atomic mass is 9.79. The minimum Gasteiger partial charge on any atom is -0.480 e. The summed E-state index contributed by atoms with van der Waals surface area (Å²) in [5.74, 6) is -0.324. The summed E-state index contributed by atoms with van der Waals surface area (Å²) < 4.78 is 0. The second kappa shape index (κ2) is 8.28. The van der Waals surface area contributed by atoms with Crippen LogP contribution in [-0.4, -0.2) is 23.0 Å². The number of aliphatic carboxylic acids is 1. The van der Waals surface area contributed by atoms with Crippen molar-refractivity contribution >= 4 is 11.9 Å². The normalized spacial score (nSPS) is 24.4. The van der Waals surface area contributed by atoms with E-state index in [1.54, 1.807) is 0 Å². The molecule has 1 amide bonds. The Balaban J connectivity index is 2.40. The Morgan fingerprint density at radius 2 is 1.80 bits per heavy atom. The molecule has 4 nitrogen and oxygen atoms in total. The molecular formula is C16H29NO3. The molecule has 0 aromatic carbocycles. The Bertz CT molecular complexity index is 320. The summed E-state index contributed by atoms with van der Waals surface area (Å²) in [5.41, 5.74) is 0. The molecule has 0 heterocycles. The molecule has 1 atom stereocenters. The Hall–Kier alpha value is -1.06. The van der Waals surface area contributed by atoms with Gasteiger partial charge in [-0.05, 0) is 37.5 Å². The first kappa shape index (κ1) is 17.0. The molecule has 1 fully saturated rings. The van der Waals surface area contributed by atoms with Crippen molar-refractivity contribution < 1.29 is 14.7 Å². The van der Waals surface area contributed by atoms with Crippen molar-refractivity contribution in [2.24, 2.45) is 17.8 Å². The maximum absolute atomic E-state index is 12.2. The fraction of sp³-hybridized carbons (Fsp3) is 0.875. The average Bonchev–Trinajstić information content (AvgIpc) is 2.42. The second-order valence-corrected chi connectivity index (χ2v) is 6.43. The number of carbonyl (C=O) groups is 2. The second-order valence-electron chi connectivity index (χ2n) is 6.43. The molecule has 0 bridgehead atoms. The van der Waals surface area contributed by atoms with Crippen molar-refractivity contribution in [2.45, 2.75) is 71.8 Å². The highest BCUT2D eigenvalue weighted by molar-refractivity contribution is 5.85. The maximum atomic E-state index is 12.2. The van der Waals surface area contributed by atoms with Crippen LogP contribution in [0.4, 0.5) is 0 Å². The van der Waals surface area contributed by atoms with E-state index in [-0.39, 0.29) is 17.7 Å². The van der Waals surface area contributed by atoms with E-state index in [0.29, 0.717) is 0 Å². The number of rotatable bonds is 7. The SMILES string of the molecule is CCCCC1CCC(C(=O)N[C@H](C(=O)O)C(C)C)CC1. The van der Waals surface area contributed by atoms with Crippen LogP contribution in [0.5, 0.6) is 0 Å². The molecule has 1 rings (SSSR count). The zero-order valence-electron chi connectivity index (χ0n) is 13.0. The first-order chi connectivity index (χ1) is 9.45. The van der Waals surface area contributed by atoms with Gasteiger partial charge in [-0.2, -0.15) is 0 Å². The highest BCUT2D eigenvalue weighted by Gasteiger charge is 2.30. The number of carboxylic acid groups (broad SMARTS) is 1. The van der Waals surface area contributed by atoms with E-state index in [1.165, 1.54) is 19.3 Å². The molecule has 0 aromatic heterocycles. The number of carboxylic acids is 1. The highest BCUT2D eigenvalue weighted by atomic mass is 16.4. The molecule has 20 heavy (non-hydrogen) atoms. The number of nitrogens with one attached hydrogen (secondary N) is 1. The number of hydrogen-bond acceptors (Lipinski definition) is 2. The Morgan fingerprint density at radius 1 is 1.20 bits per heavy atom. The maximum Gasteiger partial charge on any atom is 0.326 e. The minimum absolute atomic E-state index is 0.00785. The van der Waals surface area contributed by atoms with Crippen LogP contribution in [0.2, 0.25) is 0 Å². The van der Waals surface area contributed by atoms with Gasteiger partial charge in [-0.3, -0.25) is 4.79 Å². The van der Waals surface area contributed by atoms with Crippen LogP contribution in [0.25, 0.3) is 0 Å². The van der Waals surface area contributed by atoms with Crippen molar-refractivity contribution in [1.82, 2.24) is 5.32 Å². The van der Waals surface area contributed by atoms with Gasteiger partial charge in [-0.1, -0.05) is 40.0 Å². The predicted molar refractivity (Wildman–Crippen MR) is 79.4 cm³/mol. The van der Waals surface area contributed by atoms with E-state index >= 15 is 0 Å². The third-order valence-corrected chi connectivity index (χ3v) is 4.41. The van der Waals surface area contributed by atoms with Crippen molar-refractivity contribution in [3.63, 3.8) is 0 Å². The molecule has 4 heteroatoms. The molecule has 0 radical (unpaired) electrons. The molecule has 0 saturated heterocycles. The summed E-state index contributed by atoms with van der Waals surface area (Å²) in [4.78, 5) is 23.3. The van der Waals surface area contributed by atoms with E-state index in [0.717, 1.165) is 31.6 Å². The minimum atomic E-state index is -0.940. The summed E-state index contributed by atoms with van der Waals surface area (Å²) >= 11 is 0. The quantitative estimate of drug-likeness (QED) is 0.754. The monoisotopic (exact) mass is 283 g/mol. The summed E-state index contributed by atoms with van der Waals surface area (Å²) in [6, 6.07) is -0.764. The van der Waals surface area contributed by atoms with Crippen LogP contribution < -0.4 is 5.32 Å². The van der Waals surface area contributed by atoms with Crippen molar-refractivity contribution in [1.29, 1.82) is 0 Å². The van der Waals surface area contributed by atoms with Gasteiger partial charge in [-0.15, -0.1) is 0 Å². The summed E-state index contributed by atoms with van der Waals surface area (Å²) in [6.07, 6.45) is 7.81. The molecule has 1 saturated carbocycles. The van der Waals surface area contributed by atoms with Crippen LogP contribution >= 0.6 is 0 Å². The van der Waals surface area contributed by atoms with Crippen LogP contribution in [0.1, 0.15) is 65.7 Å². The van der Waals surface area contributed by atoms with Crippen molar-refractivity contribution in [2.75, 3.05) is 0 Å². The van der Waals surface area contributed by atoms with E-state index in [1.807, 2.05) is 13.8 Å². The number of amides is 1. The zero-order valence-corrected chi connectivity index (χ0v) is 13.0. The number of carbonyl (C=O) groups excluding carboxylic acids is 1. The molecule has 2 N–H and O–H groups in total. The van der Waals surface area contributed by atoms with Crippen LogP contribution in [0.15, 0.2) is 0 Å². The van der Waals surface area contributed by atoms with Gasteiger partial charge in [0.15, 0.2) is 0 Å². The number of unbranched alkanes of at least 4 members (excludes halogenated alkanes) is 1. The fourth-order valence-electron chi connectivity index (χ4n) is 2.99. The van der Waals surface area contributed by atoms with Gasteiger partial charge < -0.3 is 10.4 Å². The van der Waals surface area contributed by atoms with E-state index in [9.17, 15) is 9.59 Å². The topological polar surface area (TPSA) is 66.4 Å². The smallest absolute Gasteiger partial charge is 0.326 e. The van der Waals surface area contributed by atoms with Gasteiger partial charge in [0.05, 0.1) is 0 Å². The fourth-order valence-corrected chi connectivity index (χ4v) is 2.99. The Morgan fingerprint density at radius 3 is 2.25 bits per heavy atom. The molecule has 0 unspecified atom stereocenters. The summed E-state index contributed by atoms with van der Waals surface area (Å²) in [5, 5.41) is 11.8. The average molecular weight is 283 g/mol. The van der Waals surface area contributed by atoms with Gasteiger partial charge in [0, 0.05) is 5.92 Å². The van der Waals surface area contributed by atoms with E-state index < -0.39 is 12.0 Å². The molecule has 116 valence electrons. The van der Waals surface area contributed by atoms with Crippen LogP contribution in [0.3, 0.4) is 0 Å². The van der Waals surface area contributed by atoms with E-state index in [2.05, 4.69) is 12.2 Å². The first-order valence-corrected chi connectivity index (χ1v) is 7.98. The van der Waals surface area contributed by atoms with Gasteiger partial charge in [0.2, 0.25) is 5.91 Å². The molecule has 0 spiro atoms. The van der Waals surface area contributed by atoms with Crippen molar-refractivity contribution in [3.8, 4) is 0 Å². The molecule has 1 aliphatic rings. The Kier molecular flexibility index (Phi) is 7.03.